The Labute approximate surface area is 156 Å². The standard InChI is InChI=1S/C20H20N6O/c1-20(2,3)19-24-15-7-6-14(11-16(15)25-19)23-18(27)13-5-8-17(21-12-13)26-10-4-9-22-26/h4-12H,1-3H3,(H,23,27)(H,24,25). The summed E-state index contributed by atoms with van der Waals surface area (Å²) in [5, 5.41) is 7.02. The van der Waals surface area contributed by atoms with Gasteiger partial charge in [-0.15, -0.1) is 0 Å². The van der Waals surface area contributed by atoms with Gasteiger partial charge >= 0.3 is 0 Å². The molecule has 27 heavy (non-hydrogen) atoms. The second kappa shape index (κ2) is 6.35. The molecule has 0 unspecified atom stereocenters. The third-order valence-corrected chi connectivity index (χ3v) is 4.20. The molecule has 1 amide bonds. The Morgan fingerprint density at radius 2 is 2.04 bits per heavy atom. The molecule has 0 aliphatic heterocycles. The van der Waals surface area contributed by atoms with Crippen molar-refractivity contribution in [1.29, 1.82) is 0 Å². The molecule has 2 N–H and O–H groups in total. The highest BCUT2D eigenvalue weighted by atomic mass is 16.1. The molecule has 7 heteroatoms. The largest absolute Gasteiger partial charge is 0.341 e. The predicted octanol–water partition coefficient (Wildman–Crippen LogP) is 3.69. The van der Waals surface area contributed by atoms with Crippen LogP contribution in [0.15, 0.2) is 55.0 Å². The van der Waals surface area contributed by atoms with E-state index in [0.29, 0.717) is 17.1 Å². The smallest absolute Gasteiger partial charge is 0.257 e. The van der Waals surface area contributed by atoms with Gasteiger partial charge in [0.15, 0.2) is 5.82 Å². The van der Waals surface area contributed by atoms with E-state index in [4.69, 9.17) is 0 Å². The maximum Gasteiger partial charge on any atom is 0.257 e. The lowest BCUT2D eigenvalue weighted by Gasteiger charge is -2.13. The van der Waals surface area contributed by atoms with Gasteiger partial charge in [0.25, 0.3) is 5.91 Å². The Morgan fingerprint density at radius 3 is 2.70 bits per heavy atom. The van der Waals surface area contributed by atoms with Crippen molar-refractivity contribution in [3.05, 3.63) is 66.4 Å². The number of carbonyl (C=O) groups excluding carboxylic acids is 1. The van der Waals surface area contributed by atoms with Crippen LogP contribution in [0.1, 0.15) is 37.0 Å². The van der Waals surface area contributed by atoms with Crippen LogP contribution in [0, 0.1) is 0 Å². The molecule has 0 fully saturated rings. The number of H-pyrrole nitrogens is 1. The highest BCUT2D eigenvalue weighted by Gasteiger charge is 2.18. The van der Waals surface area contributed by atoms with E-state index in [1.54, 1.807) is 35.4 Å². The maximum atomic E-state index is 12.5. The molecule has 3 aromatic heterocycles. The lowest BCUT2D eigenvalue weighted by molar-refractivity contribution is 0.102. The van der Waals surface area contributed by atoms with Crippen LogP contribution in [0.3, 0.4) is 0 Å². The fourth-order valence-corrected chi connectivity index (χ4v) is 2.71. The van der Waals surface area contributed by atoms with Crippen LogP contribution in [0.4, 0.5) is 5.69 Å². The van der Waals surface area contributed by atoms with Crippen molar-refractivity contribution in [3.8, 4) is 5.82 Å². The van der Waals surface area contributed by atoms with Crippen molar-refractivity contribution in [2.45, 2.75) is 26.2 Å². The Bertz CT molecular complexity index is 1090. The molecular weight excluding hydrogens is 340 g/mol. The number of anilines is 1. The van der Waals surface area contributed by atoms with Crippen LogP contribution in [-0.4, -0.2) is 30.6 Å². The maximum absolute atomic E-state index is 12.5. The van der Waals surface area contributed by atoms with Crippen LogP contribution in [0.2, 0.25) is 0 Å². The molecule has 0 radical (unpaired) electrons. The molecule has 0 aliphatic carbocycles. The number of aromatic amines is 1. The molecule has 0 atom stereocenters. The third-order valence-electron chi connectivity index (χ3n) is 4.20. The fourth-order valence-electron chi connectivity index (χ4n) is 2.71. The van der Waals surface area contributed by atoms with E-state index in [2.05, 4.69) is 46.1 Å². The number of rotatable bonds is 3. The summed E-state index contributed by atoms with van der Waals surface area (Å²) < 4.78 is 1.64. The molecule has 0 spiro atoms. The molecule has 136 valence electrons. The minimum absolute atomic E-state index is 0.0651. The van der Waals surface area contributed by atoms with Crippen LogP contribution in [0.5, 0.6) is 0 Å². The third kappa shape index (κ3) is 3.44. The van der Waals surface area contributed by atoms with Gasteiger partial charge in [0.2, 0.25) is 0 Å². The zero-order valence-electron chi connectivity index (χ0n) is 15.4. The highest BCUT2D eigenvalue weighted by molar-refractivity contribution is 6.04. The molecule has 0 bridgehead atoms. The summed E-state index contributed by atoms with van der Waals surface area (Å²) in [5.41, 5.74) is 2.89. The molecule has 0 saturated heterocycles. The SMILES string of the molecule is CC(C)(C)c1nc2ccc(NC(=O)c3ccc(-n4cccn4)nc3)cc2[nH]1. The predicted molar refractivity (Wildman–Crippen MR) is 104 cm³/mol. The molecule has 4 rings (SSSR count). The first kappa shape index (κ1) is 17.0. The Morgan fingerprint density at radius 1 is 1.19 bits per heavy atom. The number of amides is 1. The van der Waals surface area contributed by atoms with E-state index < -0.39 is 0 Å². The number of pyridine rings is 1. The number of carbonyl (C=O) groups is 1. The van der Waals surface area contributed by atoms with Crippen molar-refractivity contribution in [3.63, 3.8) is 0 Å². The first-order valence-corrected chi connectivity index (χ1v) is 8.68. The normalized spacial score (nSPS) is 11.7. The summed E-state index contributed by atoms with van der Waals surface area (Å²) in [6.45, 7) is 6.31. The minimum Gasteiger partial charge on any atom is -0.341 e. The van der Waals surface area contributed by atoms with Gasteiger partial charge in [-0.05, 0) is 36.4 Å². The average molecular weight is 360 g/mol. The minimum atomic E-state index is -0.218. The number of nitrogens with one attached hydrogen (secondary N) is 2. The number of hydrogen-bond acceptors (Lipinski definition) is 4. The van der Waals surface area contributed by atoms with Crippen molar-refractivity contribution >= 4 is 22.6 Å². The second-order valence-corrected chi connectivity index (χ2v) is 7.38. The summed E-state index contributed by atoms with van der Waals surface area (Å²) in [4.78, 5) is 24.7. The molecule has 3 heterocycles. The van der Waals surface area contributed by atoms with Crippen LogP contribution in [-0.2, 0) is 5.41 Å². The quantitative estimate of drug-likeness (QED) is 0.583. The van der Waals surface area contributed by atoms with Crippen LogP contribution >= 0.6 is 0 Å². The molecule has 0 aliphatic rings. The molecule has 4 aromatic rings. The molecule has 0 saturated carbocycles. The molecular formula is C20H20N6O. The van der Waals surface area contributed by atoms with Gasteiger partial charge < -0.3 is 10.3 Å². The summed E-state index contributed by atoms with van der Waals surface area (Å²) >= 11 is 0. The lowest BCUT2D eigenvalue weighted by atomic mass is 9.96. The van der Waals surface area contributed by atoms with Crippen molar-refractivity contribution < 1.29 is 4.79 Å². The van der Waals surface area contributed by atoms with E-state index in [-0.39, 0.29) is 11.3 Å². The van der Waals surface area contributed by atoms with Gasteiger partial charge in [-0.2, -0.15) is 5.10 Å². The van der Waals surface area contributed by atoms with Crippen molar-refractivity contribution in [2.75, 3.05) is 5.32 Å². The van der Waals surface area contributed by atoms with Gasteiger partial charge in [0, 0.05) is 29.7 Å². The van der Waals surface area contributed by atoms with E-state index >= 15 is 0 Å². The number of imidazole rings is 1. The zero-order valence-corrected chi connectivity index (χ0v) is 15.4. The van der Waals surface area contributed by atoms with E-state index in [1.807, 2.05) is 24.3 Å². The Balaban J connectivity index is 1.53. The Hall–Kier alpha value is -3.48. The summed E-state index contributed by atoms with van der Waals surface area (Å²) in [7, 11) is 0. The number of nitrogens with zero attached hydrogens (tertiary/aromatic N) is 4. The molecule has 1 aromatic carbocycles. The monoisotopic (exact) mass is 360 g/mol. The van der Waals surface area contributed by atoms with Gasteiger partial charge in [-0.3, -0.25) is 4.79 Å². The van der Waals surface area contributed by atoms with E-state index in [1.165, 1.54) is 0 Å². The number of benzene rings is 1. The first-order chi connectivity index (χ1) is 12.9. The second-order valence-electron chi connectivity index (χ2n) is 7.38. The van der Waals surface area contributed by atoms with Crippen LogP contribution < -0.4 is 5.32 Å². The fraction of sp³-hybridized carbons (Fsp3) is 0.200. The highest BCUT2D eigenvalue weighted by Crippen LogP contribution is 2.24. The topological polar surface area (TPSA) is 88.5 Å². The van der Waals surface area contributed by atoms with E-state index in [0.717, 1.165) is 16.9 Å². The van der Waals surface area contributed by atoms with Crippen molar-refractivity contribution in [1.82, 2.24) is 24.7 Å². The number of fused-ring (bicyclic) bond motifs is 1. The summed E-state index contributed by atoms with van der Waals surface area (Å²) in [6, 6.07) is 10.9. The van der Waals surface area contributed by atoms with Gasteiger partial charge in [0.1, 0.15) is 5.82 Å². The van der Waals surface area contributed by atoms with Gasteiger partial charge in [-0.1, -0.05) is 20.8 Å². The Kier molecular flexibility index (Phi) is 3.99. The van der Waals surface area contributed by atoms with Crippen LogP contribution in [0.25, 0.3) is 16.9 Å². The van der Waals surface area contributed by atoms with Crippen molar-refractivity contribution in [2.24, 2.45) is 0 Å². The number of aromatic nitrogens is 5. The van der Waals surface area contributed by atoms with Gasteiger partial charge in [-0.25, -0.2) is 14.6 Å². The van der Waals surface area contributed by atoms with E-state index in [9.17, 15) is 4.79 Å². The molecule has 7 nitrogen and oxygen atoms in total. The van der Waals surface area contributed by atoms with Gasteiger partial charge in [0.05, 0.1) is 16.6 Å². The summed E-state index contributed by atoms with van der Waals surface area (Å²) in [5.74, 6) is 1.36. The average Bonchev–Trinajstić information content (AvgIpc) is 3.31. The zero-order chi connectivity index (χ0) is 19.0. The lowest BCUT2D eigenvalue weighted by Crippen LogP contribution is -2.13. The summed E-state index contributed by atoms with van der Waals surface area (Å²) in [6.07, 6.45) is 5.02. The first-order valence-electron chi connectivity index (χ1n) is 8.68. The number of hydrogen-bond donors (Lipinski definition) is 2.